The molecule has 7 heteroatoms. The third-order valence-electron chi connectivity index (χ3n) is 5.95. The van der Waals surface area contributed by atoms with Gasteiger partial charge in [0.15, 0.2) is 0 Å². The number of carbonyl (C=O) groups is 3. The molecule has 0 aliphatic carbocycles. The highest BCUT2D eigenvalue weighted by Crippen LogP contribution is 2.30. The van der Waals surface area contributed by atoms with Crippen molar-refractivity contribution in [2.24, 2.45) is 0 Å². The average Bonchev–Trinajstić information content (AvgIpc) is 3.18. The van der Waals surface area contributed by atoms with Crippen LogP contribution in [0.2, 0.25) is 0 Å². The number of aromatic nitrogens is 1. The van der Waals surface area contributed by atoms with Gasteiger partial charge in [-0.15, -0.1) is 0 Å². The van der Waals surface area contributed by atoms with Gasteiger partial charge < -0.3 is 10.1 Å². The van der Waals surface area contributed by atoms with E-state index in [1.54, 1.807) is 36.5 Å². The van der Waals surface area contributed by atoms with Gasteiger partial charge in [-0.25, -0.2) is 4.90 Å². The standard InChI is InChI=1S/C29H23N3O4/c1-2-36-22-14-12-21(13-15-22)32-28(34)23-16-11-20(18-24(23)29(32)35)27(33)31-26(19-8-4-3-5-9-19)25-10-6-7-17-30-25/h3-18,26H,2H2,1H3,(H,31,33). The first-order valence-electron chi connectivity index (χ1n) is 11.6. The molecule has 1 aliphatic rings. The highest BCUT2D eigenvalue weighted by atomic mass is 16.5. The number of fused-ring (bicyclic) bond motifs is 1. The molecule has 178 valence electrons. The Morgan fingerprint density at radius 2 is 1.61 bits per heavy atom. The third-order valence-corrected chi connectivity index (χ3v) is 5.95. The second-order valence-electron chi connectivity index (χ2n) is 8.20. The van der Waals surface area contributed by atoms with Gasteiger partial charge in [-0.3, -0.25) is 19.4 Å². The summed E-state index contributed by atoms with van der Waals surface area (Å²) in [5.41, 5.74) is 2.73. The highest BCUT2D eigenvalue weighted by Gasteiger charge is 2.37. The number of imide groups is 1. The summed E-state index contributed by atoms with van der Waals surface area (Å²) in [6.07, 6.45) is 1.67. The first kappa shape index (κ1) is 23.0. The maximum atomic E-state index is 13.3. The lowest BCUT2D eigenvalue weighted by Crippen LogP contribution is -2.30. The van der Waals surface area contributed by atoms with E-state index in [1.807, 2.05) is 55.5 Å². The number of hydrogen-bond acceptors (Lipinski definition) is 5. The maximum Gasteiger partial charge on any atom is 0.266 e. The molecule has 3 amide bonds. The van der Waals surface area contributed by atoms with E-state index >= 15 is 0 Å². The van der Waals surface area contributed by atoms with Crippen LogP contribution in [-0.4, -0.2) is 29.3 Å². The topological polar surface area (TPSA) is 88.6 Å². The number of hydrogen-bond donors (Lipinski definition) is 1. The summed E-state index contributed by atoms with van der Waals surface area (Å²) in [4.78, 5) is 45.0. The van der Waals surface area contributed by atoms with Crippen LogP contribution in [0, 0.1) is 0 Å². The Bertz CT molecular complexity index is 1380. The van der Waals surface area contributed by atoms with Crippen LogP contribution in [0.4, 0.5) is 5.69 Å². The Hall–Kier alpha value is -4.78. The number of benzene rings is 3. The van der Waals surface area contributed by atoms with Gasteiger partial charge in [-0.05, 0) is 67.1 Å². The first-order valence-corrected chi connectivity index (χ1v) is 11.6. The molecule has 1 atom stereocenters. The second-order valence-corrected chi connectivity index (χ2v) is 8.20. The molecule has 0 fully saturated rings. The molecule has 5 rings (SSSR count). The number of rotatable bonds is 7. The van der Waals surface area contributed by atoms with E-state index in [9.17, 15) is 14.4 Å². The van der Waals surface area contributed by atoms with Gasteiger partial charge in [0.1, 0.15) is 5.75 Å². The summed E-state index contributed by atoms with van der Waals surface area (Å²) in [5.74, 6) is -0.630. The molecule has 0 saturated heterocycles. The van der Waals surface area contributed by atoms with Crippen molar-refractivity contribution < 1.29 is 19.1 Å². The van der Waals surface area contributed by atoms with Crippen molar-refractivity contribution in [3.05, 3.63) is 125 Å². The predicted molar refractivity (Wildman–Crippen MR) is 135 cm³/mol. The molecule has 36 heavy (non-hydrogen) atoms. The number of ether oxygens (including phenoxy) is 1. The van der Waals surface area contributed by atoms with Crippen LogP contribution >= 0.6 is 0 Å². The summed E-state index contributed by atoms with van der Waals surface area (Å²) < 4.78 is 5.44. The zero-order valence-electron chi connectivity index (χ0n) is 19.5. The SMILES string of the molecule is CCOc1ccc(N2C(=O)c3ccc(C(=O)NC(c4ccccc4)c4ccccn4)cc3C2=O)cc1. The fourth-order valence-electron chi connectivity index (χ4n) is 4.21. The molecule has 7 nitrogen and oxygen atoms in total. The lowest BCUT2D eigenvalue weighted by Gasteiger charge is -2.19. The lowest BCUT2D eigenvalue weighted by molar-refractivity contribution is 0.0922. The Labute approximate surface area is 208 Å². The van der Waals surface area contributed by atoms with Gasteiger partial charge in [-0.1, -0.05) is 36.4 Å². The molecular formula is C29H23N3O4. The summed E-state index contributed by atoms with van der Waals surface area (Å²) in [7, 11) is 0. The molecule has 0 radical (unpaired) electrons. The van der Waals surface area contributed by atoms with Crippen LogP contribution in [-0.2, 0) is 0 Å². The van der Waals surface area contributed by atoms with E-state index in [0.717, 1.165) is 10.5 Å². The smallest absolute Gasteiger partial charge is 0.266 e. The Kier molecular flexibility index (Phi) is 6.28. The summed E-state index contributed by atoms with van der Waals surface area (Å²) in [6, 6.07) is 25.9. The maximum absolute atomic E-state index is 13.3. The molecule has 1 unspecified atom stereocenters. The van der Waals surface area contributed by atoms with E-state index in [1.165, 1.54) is 12.1 Å². The summed E-state index contributed by atoms with van der Waals surface area (Å²) in [5, 5.41) is 3.02. The minimum atomic E-state index is -0.481. The third kappa shape index (κ3) is 4.34. The van der Waals surface area contributed by atoms with Crippen molar-refractivity contribution in [1.29, 1.82) is 0 Å². The second kappa shape index (κ2) is 9.84. The van der Waals surface area contributed by atoms with Crippen LogP contribution in [0.3, 0.4) is 0 Å². The van der Waals surface area contributed by atoms with E-state index in [0.29, 0.717) is 23.7 Å². The normalized spacial score (nSPS) is 13.3. The zero-order chi connectivity index (χ0) is 25.1. The molecule has 1 aliphatic heterocycles. The van der Waals surface area contributed by atoms with Gasteiger partial charge >= 0.3 is 0 Å². The molecular weight excluding hydrogens is 454 g/mol. The first-order chi connectivity index (χ1) is 17.6. The van der Waals surface area contributed by atoms with Crippen LogP contribution in [0.5, 0.6) is 5.75 Å². The summed E-state index contributed by atoms with van der Waals surface area (Å²) >= 11 is 0. The summed E-state index contributed by atoms with van der Waals surface area (Å²) in [6.45, 7) is 2.40. The van der Waals surface area contributed by atoms with E-state index in [2.05, 4.69) is 10.3 Å². The molecule has 2 heterocycles. The number of amides is 3. The van der Waals surface area contributed by atoms with Gasteiger partial charge in [0.05, 0.1) is 35.2 Å². The van der Waals surface area contributed by atoms with Gasteiger partial charge in [0.2, 0.25) is 0 Å². The number of nitrogens with one attached hydrogen (secondary N) is 1. The van der Waals surface area contributed by atoms with E-state index in [4.69, 9.17) is 4.74 Å². The van der Waals surface area contributed by atoms with Crippen molar-refractivity contribution in [3.63, 3.8) is 0 Å². The van der Waals surface area contributed by atoms with Crippen LogP contribution in [0.1, 0.15) is 55.3 Å². The predicted octanol–water partition coefficient (Wildman–Crippen LogP) is 4.80. The average molecular weight is 478 g/mol. The number of nitrogens with zero attached hydrogens (tertiary/aromatic N) is 2. The van der Waals surface area contributed by atoms with Crippen molar-refractivity contribution in [2.45, 2.75) is 13.0 Å². The lowest BCUT2D eigenvalue weighted by atomic mass is 10.0. The molecule has 0 saturated carbocycles. The quantitative estimate of drug-likeness (QED) is 0.386. The number of anilines is 1. The Morgan fingerprint density at radius 3 is 2.31 bits per heavy atom. The number of pyridine rings is 1. The van der Waals surface area contributed by atoms with Crippen molar-refractivity contribution in [2.75, 3.05) is 11.5 Å². The zero-order valence-corrected chi connectivity index (χ0v) is 19.5. The number of carbonyl (C=O) groups excluding carboxylic acids is 3. The van der Waals surface area contributed by atoms with Gasteiger partial charge in [-0.2, -0.15) is 0 Å². The van der Waals surface area contributed by atoms with Crippen LogP contribution < -0.4 is 15.0 Å². The molecule has 4 aromatic rings. The molecule has 0 bridgehead atoms. The fraction of sp³-hybridized carbons (Fsp3) is 0.103. The monoisotopic (exact) mass is 477 g/mol. The molecule has 1 aromatic heterocycles. The minimum Gasteiger partial charge on any atom is -0.494 e. The Morgan fingerprint density at radius 1 is 0.889 bits per heavy atom. The highest BCUT2D eigenvalue weighted by molar-refractivity contribution is 6.34. The van der Waals surface area contributed by atoms with Crippen molar-refractivity contribution in [3.8, 4) is 5.75 Å². The minimum absolute atomic E-state index is 0.190. The largest absolute Gasteiger partial charge is 0.494 e. The van der Waals surface area contributed by atoms with Gasteiger partial charge in [0, 0.05) is 11.8 Å². The van der Waals surface area contributed by atoms with Crippen LogP contribution in [0.15, 0.2) is 97.2 Å². The van der Waals surface area contributed by atoms with E-state index < -0.39 is 17.9 Å². The van der Waals surface area contributed by atoms with Gasteiger partial charge in [0.25, 0.3) is 17.7 Å². The fourth-order valence-corrected chi connectivity index (χ4v) is 4.21. The van der Waals surface area contributed by atoms with Crippen molar-refractivity contribution >= 4 is 23.4 Å². The molecule has 3 aromatic carbocycles. The Balaban J connectivity index is 1.41. The van der Waals surface area contributed by atoms with Crippen molar-refractivity contribution in [1.82, 2.24) is 10.3 Å². The molecule has 0 spiro atoms. The molecule has 1 N–H and O–H groups in total. The van der Waals surface area contributed by atoms with Crippen LogP contribution in [0.25, 0.3) is 0 Å². The van der Waals surface area contributed by atoms with E-state index in [-0.39, 0.29) is 22.6 Å².